The molecule has 0 bridgehead atoms. The van der Waals surface area contributed by atoms with E-state index in [0.717, 1.165) is 18.8 Å². The van der Waals surface area contributed by atoms with E-state index in [-0.39, 0.29) is 0 Å². The minimum absolute atomic E-state index is 0.666. The zero-order chi connectivity index (χ0) is 11.4. The van der Waals surface area contributed by atoms with Crippen LogP contribution in [0.4, 0.5) is 0 Å². The third-order valence-electron chi connectivity index (χ3n) is 3.45. The predicted octanol–water partition coefficient (Wildman–Crippen LogP) is 2.72. The minimum Gasteiger partial charge on any atom is -0.496 e. The van der Waals surface area contributed by atoms with Crippen molar-refractivity contribution >= 4 is 0 Å². The summed E-state index contributed by atoms with van der Waals surface area (Å²) in [5.41, 5.74) is 2.92. The molecule has 0 spiro atoms. The van der Waals surface area contributed by atoms with Gasteiger partial charge in [-0.05, 0) is 48.9 Å². The van der Waals surface area contributed by atoms with Crippen molar-refractivity contribution in [2.75, 3.05) is 20.2 Å². The van der Waals surface area contributed by atoms with E-state index in [1.165, 1.54) is 30.4 Å². The van der Waals surface area contributed by atoms with E-state index >= 15 is 0 Å². The van der Waals surface area contributed by atoms with Crippen molar-refractivity contribution < 1.29 is 4.74 Å². The molecule has 0 amide bonds. The van der Waals surface area contributed by atoms with Crippen LogP contribution in [0.5, 0.6) is 5.75 Å². The van der Waals surface area contributed by atoms with Gasteiger partial charge in [0.15, 0.2) is 0 Å². The van der Waals surface area contributed by atoms with E-state index in [2.05, 4.69) is 30.4 Å². The van der Waals surface area contributed by atoms with Crippen molar-refractivity contribution in [3.8, 4) is 5.75 Å². The van der Waals surface area contributed by atoms with Gasteiger partial charge in [0.1, 0.15) is 5.75 Å². The van der Waals surface area contributed by atoms with E-state index < -0.39 is 0 Å². The van der Waals surface area contributed by atoms with E-state index in [1.807, 2.05) is 0 Å². The van der Waals surface area contributed by atoms with Crippen LogP contribution in [0.15, 0.2) is 18.2 Å². The Kier molecular flexibility index (Phi) is 3.83. The van der Waals surface area contributed by atoms with Crippen molar-refractivity contribution in [2.45, 2.75) is 32.1 Å². The molecule has 1 aliphatic carbocycles. The van der Waals surface area contributed by atoms with E-state index in [0.29, 0.717) is 5.92 Å². The number of ether oxygens (including phenoxy) is 1. The first-order valence-corrected chi connectivity index (χ1v) is 6.23. The number of hydrogen-bond donors (Lipinski definition) is 1. The maximum absolute atomic E-state index is 5.44. The Balaban J connectivity index is 2.24. The summed E-state index contributed by atoms with van der Waals surface area (Å²) in [6, 6.07) is 6.45. The molecule has 0 radical (unpaired) electrons. The quantitative estimate of drug-likeness (QED) is 0.840. The molecule has 2 rings (SSSR count). The molecule has 88 valence electrons. The van der Waals surface area contributed by atoms with Gasteiger partial charge in [0.25, 0.3) is 0 Å². The van der Waals surface area contributed by atoms with E-state index in [4.69, 9.17) is 4.74 Å². The molecule has 0 fully saturated rings. The summed E-state index contributed by atoms with van der Waals surface area (Å²) in [7, 11) is 1.77. The van der Waals surface area contributed by atoms with E-state index in [9.17, 15) is 0 Å². The summed E-state index contributed by atoms with van der Waals surface area (Å²) < 4.78 is 5.44. The standard InChI is InChI=1S/C14H21NO/c1-3-15-10-11-6-4-8-13-12(11)7-5-9-14(13)16-2/h5,7,9,11,15H,3-4,6,8,10H2,1-2H3. The van der Waals surface area contributed by atoms with Crippen molar-refractivity contribution in [1.29, 1.82) is 0 Å². The average Bonchev–Trinajstić information content (AvgIpc) is 2.35. The van der Waals surface area contributed by atoms with Gasteiger partial charge in [-0.2, -0.15) is 0 Å². The van der Waals surface area contributed by atoms with Gasteiger partial charge in [-0.3, -0.25) is 0 Å². The minimum atomic E-state index is 0.666. The Morgan fingerprint density at radius 3 is 3.06 bits per heavy atom. The molecule has 16 heavy (non-hydrogen) atoms. The predicted molar refractivity (Wildman–Crippen MR) is 67.2 cm³/mol. The van der Waals surface area contributed by atoms with Crippen LogP contribution in [-0.2, 0) is 6.42 Å². The first-order valence-electron chi connectivity index (χ1n) is 6.23. The third-order valence-corrected chi connectivity index (χ3v) is 3.45. The summed E-state index contributed by atoms with van der Waals surface area (Å²) in [6.07, 6.45) is 3.75. The zero-order valence-electron chi connectivity index (χ0n) is 10.3. The van der Waals surface area contributed by atoms with Crippen LogP contribution in [0.2, 0.25) is 0 Å². The van der Waals surface area contributed by atoms with Crippen molar-refractivity contribution in [1.82, 2.24) is 5.32 Å². The lowest BCUT2D eigenvalue weighted by Gasteiger charge is -2.27. The Labute approximate surface area is 98.0 Å². The molecule has 1 aliphatic rings. The van der Waals surface area contributed by atoms with Crippen LogP contribution in [-0.4, -0.2) is 20.2 Å². The average molecular weight is 219 g/mol. The van der Waals surface area contributed by atoms with Crippen LogP contribution in [0.25, 0.3) is 0 Å². The van der Waals surface area contributed by atoms with Gasteiger partial charge < -0.3 is 10.1 Å². The van der Waals surface area contributed by atoms with Gasteiger partial charge in [-0.1, -0.05) is 19.1 Å². The Morgan fingerprint density at radius 2 is 2.31 bits per heavy atom. The number of rotatable bonds is 4. The molecule has 1 aromatic carbocycles. The summed E-state index contributed by atoms with van der Waals surface area (Å²) in [4.78, 5) is 0. The van der Waals surface area contributed by atoms with Crippen molar-refractivity contribution in [3.05, 3.63) is 29.3 Å². The molecule has 1 unspecified atom stereocenters. The number of nitrogens with one attached hydrogen (secondary N) is 1. The van der Waals surface area contributed by atoms with Crippen LogP contribution < -0.4 is 10.1 Å². The number of benzene rings is 1. The molecule has 0 heterocycles. The lowest BCUT2D eigenvalue weighted by molar-refractivity contribution is 0.401. The number of likely N-dealkylation sites (N-methyl/N-ethyl adjacent to an activating group) is 1. The lowest BCUT2D eigenvalue weighted by atomic mass is 9.82. The Hall–Kier alpha value is -1.02. The zero-order valence-corrected chi connectivity index (χ0v) is 10.3. The third kappa shape index (κ3) is 2.22. The fourth-order valence-electron chi connectivity index (χ4n) is 2.64. The highest BCUT2D eigenvalue weighted by Gasteiger charge is 2.21. The molecule has 0 aliphatic heterocycles. The second-order valence-electron chi connectivity index (χ2n) is 4.42. The lowest BCUT2D eigenvalue weighted by Crippen LogP contribution is -2.24. The number of methoxy groups -OCH3 is 1. The first-order chi connectivity index (χ1) is 7.86. The first kappa shape index (κ1) is 11.5. The monoisotopic (exact) mass is 219 g/mol. The molecular formula is C14H21NO. The largest absolute Gasteiger partial charge is 0.496 e. The fourth-order valence-corrected chi connectivity index (χ4v) is 2.64. The fraction of sp³-hybridized carbons (Fsp3) is 0.571. The van der Waals surface area contributed by atoms with Crippen LogP contribution >= 0.6 is 0 Å². The Morgan fingerprint density at radius 1 is 1.44 bits per heavy atom. The van der Waals surface area contributed by atoms with Gasteiger partial charge >= 0.3 is 0 Å². The van der Waals surface area contributed by atoms with Crippen LogP contribution in [0, 0.1) is 0 Å². The maximum atomic E-state index is 5.44. The SMILES string of the molecule is CCNCC1CCCc2c(OC)cccc21. The highest BCUT2D eigenvalue weighted by molar-refractivity contribution is 5.43. The van der Waals surface area contributed by atoms with Crippen molar-refractivity contribution in [3.63, 3.8) is 0 Å². The molecule has 1 atom stereocenters. The molecule has 1 aromatic rings. The summed E-state index contributed by atoms with van der Waals surface area (Å²) >= 11 is 0. The second-order valence-corrected chi connectivity index (χ2v) is 4.42. The van der Waals surface area contributed by atoms with Gasteiger partial charge in [-0.15, -0.1) is 0 Å². The van der Waals surface area contributed by atoms with E-state index in [1.54, 1.807) is 7.11 Å². The van der Waals surface area contributed by atoms with Crippen LogP contribution in [0.1, 0.15) is 36.8 Å². The molecule has 0 saturated heterocycles. The molecule has 0 aromatic heterocycles. The van der Waals surface area contributed by atoms with Gasteiger partial charge in [0.05, 0.1) is 7.11 Å². The van der Waals surface area contributed by atoms with Gasteiger partial charge in [0.2, 0.25) is 0 Å². The molecule has 2 nitrogen and oxygen atoms in total. The molecule has 1 N–H and O–H groups in total. The highest BCUT2D eigenvalue weighted by atomic mass is 16.5. The van der Waals surface area contributed by atoms with Gasteiger partial charge in [0, 0.05) is 6.54 Å². The summed E-state index contributed by atoms with van der Waals surface area (Å²) in [5, 5.41) is 3.46. The second kappa shape index (κ2) is 5.35. The normalized spacial score (nSPS) is 19.2. The highest BCUT2D eigenvalue weighted by Crippen LogP contribution is 2.36. The van der Waals surface area contributed by atoms with Crippen LogP contribution in [0.3, 0.4) is 0 Å². The smallest absolute Gasteiger partial charge is 0.122 e. The topological polar surface area (TPSA) is 21.3 Å². The van der Waals surface area contributed by atoms with Crippen molar-refractivity contribution in [2.24, 2.45) is 0 Å². The maximum Gasteiger partial charge on any atom is 0.122 e. The summed E-state index contributed by atoms with van der Waals surface area (Å²) in [5.74, 6) is 1.73. The summed E-state index contributed by atoms with van der Waals surface area (Å²) in [6.45, 7) is 4.31. The number of fused-ring (bicyclic) bond motifs is 1. The number of hydrogen-bond acceptors (Lipinski definition) is 2. The Bertz CT molecular complexity index is 349. The van der Waals surface area contributed by atoms with Gasteiger partial charge in [-0.25, -0.2) is 0 Å². The molecule has 2 heteroatoms. The molecular weight excluding hydrogens is 198 g/mol. The molecule has 0 saturated carbocycles.